The van der Waals surface area contributed by atoms with Crippen molar-refractivity contribution in [3.8, 4) is 5.75 Å². The first-order valence-corrected chi connectivity index (χ1v) is 6.37. The van der Waals surface area contributed by atoms with Crippen LogP contribution in [0.3, 0.4) is 0 Å². The minimum absolute atomic E-state index is 0.0256. The van der Waals surface area contributed by atoms with E-state index in [1.807, 2.05) is 26.8 Å². The molecule has 1 aromatic rings. The summed E-state index contributed by atoms with van der Waals surface area (Å²) in [5.74, 6) is -0.0135. The van der Waals surface area contributed by atoms with Gasteiger partial charge >= 0.3 is 0 Å². The molecular formula is C14H20FNO2. The zero-order chi connectivity index (χ0) is 13.1. The molecule has 0 bridgehead atoms. The normalized spacial score (nSPS) is 24.3. The summed E-state index contributed by atoms with van der Waals surface area (Å²) < 4.78 is 24.8. The Morgan fingerprint density at radius 2 is 2.22 bits per heavy atom. The number of rotatable bonds is 3. The lowest BCUT2D eigenvalue weighted by Crippen LogP contribution is -2.39. The minimum atomic E-state index is -0.318. The van der Waals surface area contributed by atoms with Crippen LogP contribution in [0.2, 0.25) is 0 Å². The first-order chi connectivity index (χ1) is 8.56. The van der Waals surface area contributed by atoms with Gasteiger partial charge in [-0.2, -0.15) is 0 Å². The molecule has 0 saturated carbocycles. The van der Waals surface area contributed by atoms with Gasteiger partial charge in [-0.25, -0.2) is 4.39 Å². The fourth-order valence-electron chi connectivity index (χ4n) is 1.98. The molecule has 0 aromatic heterocycles. The van der Waals surface area contributed by atoms with Crippen LogP contribution in [0.4, 0.5) is 4.39 Å². The van der Waals surface area contributed by atoms with Crippen LogP contribution in [0.5, 0.6) is 5.75 Å². The number of benzene rings is 1. The number of morpholine rings is 1. The second-order valence-electron chi connectivity index (χ2n) is 4.96. The van der Waals surface area contributed by atoms with Crippen LogP contribution in [0.25, 0.3) is 0 Å². The molecule has 1 fully saturated rings. The van der Waals surface area contributed by atoms with Crippen LogP contribution in [-0.4, -0.2) is 25.4 Å². The molecule has 2 unspecified atom stereocenters. The molecule has 2 rings (SSSR count). The number of nitrogens with one attached hydrogen (secondary N) is 1. The van der Waals surface area contributed by atoms with Crippen LogP contribution >= 0.6 is 0 Å². The lowest BCUT2D eigenvalue weighted by Gasteiger charge is -2.28. The van der Waals surface area contributed by atoms with E-state index < -0.39 is 0 Å². The zero-order valence-electron chi connectivity index (χ0n) is 11.1. The summed E-state index contributed by atoms with van der Waals surface area (Å²) in [6.07, 6.45) is 0.192. The van der Waals surface area contributed by atoms with Crippen LogP contribution in [-0.2, 0) is 4.74 Å². The monoisotopic (exact) mass is 253 g/mol. The van der Waals surface area contributed by atoms with E-state index in [9.17, 15) is 4.39 Å². The fraction of sp³-hybridized carbons (Fsp3) is 0.571. The van der Waals surface area contributed by atoms with E-state index in [4.69, 9.17) is 9.47 Å². The third-order valence-electron chi connectivity index (χ3n) is 2.92. The smallest absolute Gasteiger partial charge is 0.165 e. The van der Waals surface area contributed by atoms with Gasteiger partial charge < -0.3 is 14.8 Å². The number of hydrogen-bond acceptors (Lipinski definition) is 3. The van der Waals surface area contributed by atoms with Crippen molar-refractivity contribution in [2.24, 2.45) is 0 Å². The Hall–Kier alpha value is -1.13. The SMILES string of the molecule is CC(C)Oc1ccc(C2COC(C)CN2)cc1F. The van der Waals surface area contributed by atoms with Gasteiger partial charge in [0.05, 0.1) is 24.9 Å². The van der Waals surface area contributed by atoms with Crippen LogP contribution in [0.1, 0.15) is 32.4 Å². The van der Waals surface area contributed by atoms with Crippen molar-refractivity contribution in [2.75, 3.05) is 13.2 Å². The van der Waals surface area contributed by atoms with E-state index in [2.05, 4.69) is 5.32 Å². The van der Waals surface area contributed by atoms with Gasteiger partial charge in [-0.05, 0) is 38.5 Å². The summed E-state index contributed by atoms with van der Waals surface area (Å²) >= 11 is 0. The van der Waals surface area contributed by atoms with Gasteiger partial charge in [-0.3, -0.25) is 0 Å². The van der Waals surface area contributed by atoms with E-state index in [1.54, 1.807) is 6.07 Å². The predicted octanol–water partition coefficient (Wildman–Crippen LogP) is 2.66. The van der Waals surface area contributed by atoms with Crippen LogP contribution < -0.4 is 10.1 Å². The molecule has 1 aliphatic heterocycles. The zero-order valence-corrected chi connectivity index (χ0v) is 11.1. The van der Waals surface area contributed by atoms with Gasteiger partial charge in [0.25, 0.3) is 0 Å². The molecule has 0 radical (unpaired) electrons. The molecule has 1 N–H and O–H groups in total. The Kier molecular flexibility index (Phi) is 4.19. The summed E-state index contributed by atoms with van der Waals surface area (Å²) in [6, 6.07) is 5.15. The highest BCUT2D eigenvalue weighted by Gasteiger charge is 2.20. The molecule has 0 aliphatic carbocycles. The van der Waals surface area contributed by atoms with Gasteiger partial charge in [0, 0.05) is 6.54 Å². The highest BCUT2D eigenvalue weighted by molar-refractivity contribution is 5.31. The largest absolute Gasteiger partial charge is 0.488 e. The number of ether oxygens (including phenoxy) is 2. The predicted molar refractivity (Wildman–Crippen MR) is 68.3 cm³/mol. The lowest BCUT2D eigenvalue weighted by molar-refractivity contribution is 0.0148. The molecule has 100 valence electrons. The van der Waals surface area contributed by atoms with Gasteiger partial charge in [-0.15, -0.1) is 0 Å². The van der Waals surface area contributed by atoms with Crippen LogP contribution in [0, 0.1) is 5.82 Å². The standard InChI is InChI=1S/C14H20FNO2/c1-9(2)18-14-5-4-11(6-12(14)15)13-8-17-10(3)7-16-13/h4-6,9-10,13,16H,7-8H2,1-3H3. The summed E-state index contributed by atoms with van der Waals surface area (Å²) in [5, 5.41) is 3.34. The topological polar surface area (TPSA) is 30.5 Å². The van der Waals surface area contributed by atoms with E-state index in [0.717, 1.165) is 12.1 Å². The quantitative estimate of drug-likeness (QED) is 0.898. The highest BCUT2D eigenvalue weighted by atomic mass is 19.1. The Bertz CT molecular complexity index is 401. The molecule has 1 heterocycles. The summed E-state index contributed by atoms with van der Waals surface area (Å²) in [5.41, 5.74) is 0.899. The van der Waals surface area contributed by atoms with E-state index in [1.165, 1.54) is 6.07 Å². The average molecular weight is 253 g/mol. The summed E-state index contributed by atoms with van der Waals surface area (Å²) in [4.78, 5) is 0. The van der Waals surface area contributed by atoms with Crippen molar-refractivity contribution >= 4 is 0 Å². The minimum Gasteiger partial charge on any atom is -0.488 e. The van der Waals surface area contributed by atoms with Crippen molar-refractivity contribution < 1.29 is 13.9 Å². The molecule has 1 saturated heterocycles. The van der Waals surface area contributed by atoms with E-state index in [-0.39, 0.29) is 24.1 Å². The summed E-state index contributed by atoms with van der Waals surface area (Å²) in [6.45, 7) is 7.14. The molecule has 2 atom stereocenters. The molecular weight excluding hydrogens is 233 g/mol. The third kappa shape index (κ3) is 3.21. The maximum atomic E-state index is 13.8. The lowest BCUT2D eigenvalue weighted by atomic mass is 10.1. The molecule has 1 aromatic carbocycles. The van der Waals surface area contributed by atoms with Crippen molar-refractivity contribution in [1.29, 1.82) is 0 Å². The van der Waals surface area contributed by atoms with Crippen molar-refractivity contribution in [3.05, 3.63) is 29.6 Å². The second-order valence-corrected chi connectivity index (χ2v) is 4.96. The molecule has 3 nitrogen and oxygen atoms in total. The average Bonchev–Trinajstić information content (AvgIpc) is 2.32. The third-order valence-corrected chi connectivity index (χ3v) is 2.92. The van der Waals surface area contributed by atoms with Crippen molar-refractivity contribution in [1.82, 2.24) is 5.32 Å². The Morgan fingerprint density at radius 3 is 2.78 bits per heavy atom. The van der Waals surface area contributed by atoms with Gasteiger partial charge in [-0.1, -0.05) is 6.07 Å². The maximum Gasteiger partial charge on any atom is 0.165 e. The fourth-order valence-corrected chi connectivity index (χ4v) is 1.98. The Labute approximate surface area is 107 Å². The second kappa shape index (κ2) is 5.67. The Morgan fingerprint density at radius 1 is 1.44 bits per heavy atom. The van der Waals surface area contributed by atoms with Gasteiger partial charge in [0.2, 0.25) is 0 Å². The van der Waals surface area contributed by atoms with Crippen molar-refractivity contribution in [3.63, 3.8) is 0 Å². The Balaban J connectivity index is 2.08. The summed E-state index contributed by atoms with van der Waals surface area (Å²) in [7, 11) is 0. The molecule has 4 heteroatoms. The maximum absolute atomic E-state index is 13.8. The van der Waals surface area contributed by atoms with E-state index >= 15 is 0 Å². The molecule has 1 aliphatic rings. The van der Waals surface area contributed by atoms with Crippen LogP contribution in [0.15, 0.2) is 18.2 Å². The van der Waals surface area contributed by atoms with Crippen molar-refractivity contribution in [2.45, 2.75) is 39.0 Å². The first-order valence-electron chi connectivity index (χ1n) is 6.37. The highest BCUT2D eigenvalue weighted by Crippen LogP contribution is 2.24. The molecule has 18 heavy (non-hydrogen) atoms. The molecule has 0 spiro atoms. The van der Waals surface area contributed by atoms with E-state index in [0.29, 0.717) is 12.4 Å². The first kappa shape index (κ1) is 13.3. The molecule has 0 amide bonds. The number of hydrogen-bond donors (Lipinski definition) is 1. The number of halogens is 1. The van der Waals surface area contributed by atoms with Gasteiger partial charge in [0.15, 0.2) is 11.6 Å². The van der Waals surface area contributed by atoms with Gasteiger partial charge in [0.1, 0.15) is 0 Å².